The van der Waals surface area contributed by atoms with Gasteiger partial charge >= 0.3 is 0 Å². The maximum absolute atomic E-state index is 12.2. The highest BCUT2D eigenvalue weighted by molar-refractivity contribution is 5.93. The highest BCUT2D eigenvalue weighted by Gasteiger charge is 2.41. The van der Waals surface area contributed by atoms with Crippen LogP contribution in [0.15, 0.2) is 18.3 Å². The molecule has 0 radical (unpaired) electrons. The van der Waals surface area contributed by atoms with Crippen molar-refractivity contribution in [3.8, 4) is 0 Å². The molecule has 2 N–H and O–H groups in total. The molecule has 1 aromatic rings. The van der Waals surface area contributed by atoms with Crippen molar-refractivity contribution in [2.24, 2.45) is 11.1 Å². The molecule has 2 aliphatic heterocycles. The zero-order valence-electron chi connectivity index (χ0n) is 15.0. The second-order valence-corrected chi connectivity index (χ2v) is 7.46. The molecule has 2 saturated heterocycles. The molecule has 3 heterocycles. The summed E-state index contributed by atoms with van der Waals surface area (Å²) in [6, 6.07) is 3.43. The SMILES string of the molecule is CCCCN1CC2(CCCN(c3cc(C(N)=O)ccn3)C2)CCC1=O. The molecule has 136 valence electrons. The van der Waals surface area contributed by atoms with Gasteiger partial charge in [0.1, 0.15) is 5.82 Å². The molecule has 6 nitrogen and oxygen atoms in total. The van der Waals surface area contributed by atoms with E-state index in [1.165, 1.54) is 0 Å². The molecule has 0 bridgehead atoms. The van der Waals surface area contributed by atoms with Crippen molar-refractivity contribution in [2.75, 3.05) is 31.1 Å². The van der Waals surface area contributed by atoms with Crippen molar-refractivity contribution < 1.29 is 9.59 Å². The van der Waals surface area contributed by atoms with E-state index in [2.05, 4.69) is 21.7 Å². The number of amides is 2. The van der Waals surface area contributed by atoms with Crippen molar-refractivity contribution in [3.05, 3.63) is 23.9 Å². The van der Waals surface area contributed by atoms with E-state index < -0.39 is 5.91 Å². The molecule has 2 fully saturated rings. The number of hydrogen-bond donors (Lipinski definition) is 1. The van der Waals surface area contributed by atoms with Gasteiger partial charge in [0, 0.05) is 49.8 Å². The molecule has 2 aliphatic rings. The number of pyridine rings is 1. The first kappa shape index (κ1) is 17.7. The summed E-state index contributed by atoms with van der Waals surface area (Å²) in [6.07, 6.45) is 7.63. The second-order valence-electron chi connectivity index (χ2n) is 7.46. The van der Waals surface area contributed by atoms with Gasteiger partial charge in [-0.3, -0.25) is 9.59 Å². The number of nitrogens with zero attached hydrogens (tertiary/aromatic N) is 3. The van der Waals surface area contributed by atoms with E-state index in [0.29, 0.717) is 17.9 Å². The Morgan fingerprint density at radius 2 is 2.20 bits per heavy atom. The fourth-order valence-electron chi connectivity index (χ4n) is 4.14. The van der Waals surface area contributed by atoms with Crippen molar-refractivity contribution in [1.82, 2.24) is 9.88 Å². The summed E-state index contributed by atoms with van der Waals surface area (Å²) >= 11 is 0. The first-order valence-electron chi connectivity index (χ1n) is 9.32. The summed E-state index contributed by atoms with van der Waals surface area (Å²) in [5.74, 6) is 0.682. The van der Waals surface area contributed by atoms with Crippen LogP contribution in [0.3, 0.4) is 0 Å². The number of anilines is 1. The standard InChI is InChI=1S/C19H28N4O2/c1-2-3-10-23-14-19(8-5-17(23)24)7-4-11-22(13-19)16-12-15(18(20)25)6-9-21-16/h6,9,12H,2-5,7-8,10-11,13-14H2,1H3,(H2,20,25). The second kappa shape index (κ2) is 7.42. The van der Waals surface area contributed by atoms with Crippen LogP contribution >= 0.6 is 0 Å². The van der Waals surface area contributed by atoms with Gasteiger partial charge in [0.25, 0.3) is 0 Å². The number of primary amides is 1. The summed E-state index contributed by atoms with van der Waals surface area (Å²) in [5, 5.41) is 0. The van der Waals surface area contributed by atoms with Crippen LogP contribution in [0.25, 0.3) is 0 Å². The lowest BCUT2D eigenvalue weighted by Gasteiger charge is -2.48. The van der Waals surface area contributed by atoms with Gasteiger partial charge in [-0.1, -0.05) is 13.3 Å². The summed E-state index contributed by atoms with van der Waals surface area (Å²) in [4.78, 5) is 32.4. The molecule has 1 unspecified atom stereocenters. The number of unbranched alkanes of at least 4 members (excludes halogenated alkanes) is 1. The van der Waals surface area contributed by atoms with Gasteiger partial charge in [-0.25, -0.2) is 4.98 Å². The minimum absolute atomic E-state index is 0.143. The van der Waals surface area contributed by atoms with Crippen molar-refractivity contribution in [1.29, 1.82) is 0 Å². The highest BCUT2D eigenvalue weighted by atomic mass is 16.2. The topological polar surface area (TPSA) is 79.5 Å². The third kappa shape index (κ3) is 3.94. The molecule has 0 aliphatic carbocycles. The maximum atomic E-state index is 12.2. The van der Waals surface area contributed by atoms with Crippen LogP contribution in [0.2, 0.25) is 0 Å². The number of likely N-dealkylation sites (tertiary alicyclic amines) is 1. The zero-order valence-corrected chi connectivity index (χ0v) is 15.0. The van der Waals surface area contributed by atoms with E-state index in [1.54, 1.807) is 18.3 Å². The van der Waals surface area contributed by atoms with E-state index >= 15 is 0 Å². The molecule has 6 heteroatoms. The fourth-order valence-corrected chi connectivity index (χ4v) is 4.14. The van der Waals surface area contributed by atoms with Gasteiger partial charge in [0.15, 0.2) is 0 Å². The van der Waals surface area contributed by atoms with Gasteiger partial charge in [-0.2, -0.15) is 0 Å². The minimum atomic E-state index is -0.427. The lowest BCUT2D eigenvalue weighted by Crippen LogP contribution is -2.54. The Hall–Kier alpha value is -2.11. The van der Waals surface area contributed by atoms with Crippen LogP contribution in [-0.4, -0.2) is 47.9 Å². The molecule has 0 saturated carbocycles. The Balaban J connectivity index is 1.75. The Labute approximate surface area is 149 Å². The molecule has 1 aromatic heterocycles. The number of hydrogen-bond acceptors (Lipinski definition) is 4. The summed E-state index contributed by atoms with van der Waals surface area (Å²) in [6.45, 7) is 5.69. The van der Waals surface area contributed by atoms with Crippen molar-refractivity contribution >= 4 is 17.6 Å². The van der Waals surface area contributed by atoms with Crippen LogP contribution < -0.4 is 10.6 Å². The molecule has 3 rings (SSSR count). The molecular weight excluding hydrogens is 316 g/mol. The van der Waals surface area contributed by atoms with E-state index in [9.17, 15) is 9.59 Å². The normalized spacial score (nSPS) is 24.0. The number of carbonyl (C=O) groups is 2. The molecule has 1 spiro atoms. The van der Waals surface area contributed by atoms with Crippen molar-refractivity contribution in [2.45, 2.75) is 45.4 Å². The lowest BCUT2D eigenvalue weighted by molar-refractivity contribution is -0.138. The molecule has 2 amide bonds. The van der Waals surface area contributed by atoms with E-state index in [-0.39, 0.29) is 5.41 Å². The van der Waals surface area contributed by atoms with Crippen LogP contribution in [-0.2, 0) is 4.79 Å². The van der Waals surface area contributed by atoms with Gasteiger partial charge in [0.05, 0.1) is 0 Å². The predicted molar refractivity (Wildman–Crippen MR) is 97.4 cm³/mol. The molecule has 1 atom stereocenters. The van der Waals surface area contributed by atoms with Gasteiger partial charge < -0.3 is 15.5 Å². The van der Waals surface area contributed by atoms with E-state index in [4.69, 9.17) is 5.73 Å². The predicted octanol–water partition coefficient (Wildman–Crippen LogP) is 2.19. The Morgan fingerprint density at radius 1 is 1.36 bits per heavy atom. The third-order valence-corrected chi connectivity index (χ3v) is 5.55. The van der Waals surface area contributed by atoms with Gasteiger partial charge in [-0.15, -0.1) is 0 Å². The summed E-state index contributed by atoms with van der Waals surface area (Å²) in [5.41, 5.74) is 6.04. The van der Waals surface area contributed by atoms with Crippen LogP contribution in [0.5, 0.6) is 0 Å². The number of aromatic nitrogens is 1. The average Bonchev–Trinajstić information content (AvgIpc) is 2.63. The average molecular weight is 344 g/mol. The fraction of sp³-hybridized carbons (Fsp3) is 0.632. The maximum Gasteiger partial charge on any atom is 0.248 e. The Bertz CT molecular complexity index is 648. The van der Waals surface area contributed by atoms with Gasteiger partial charge in [0.2, 0.25) is 11.8 Å². The van der Waals surface area contributed by atoms with Crippen LogP contribution in [0.1, 0.15) is 55.8 Å². The van der Waals surface area contributed by atoms with E-state index in [0.717, 1.165) is 64.1 Å². The first-order chi connectivity index (χ1) is 12.0. The smallest absolute Gasteiger partial charge is 0.248 e. The summed E-state index contributed by atoms with van der Waals surface area (Å²) in [7, 11) is 0. The lowest BCUT2D eigenvalue weighted by atomic mass is 9.73. The van der Waals surface area contributed by atoms with Crippen LogP contribution in [0, 0.1) is 5.41 Å². The summed E-state index contributed by atoms with van der Waals surface area (Å²) < 4.78 is 0. The molecule has 0 aromatic carbocycles. The quantitative estimate of drug-likeness (QED) is 0.888. The van der Waals surface area contributed by atoms with Crippen molar-refractivity contribution in [3.63, 3.8) is 0 Å². The zero-order chi connectivity index (χ0) is 17.9. The number of nitrogens with two attached hydrogens (primary N) is 1. The molecule has 25 heavy (non-hydrogen) atoms. The van der Waals surface area contributed by atoms with E-state index in [1.807, 2.05) is 0 Å². The number of piperidine rings is 2. The largest absolute Gasteiger partial charge is 0.366 e. The minimum Gasteiger partial charge on any atom is -0.366 e. The monoisotopic (exact) mass is 344 g/mol. The first-order valence-corrected chi connectivity index (χ1v) is 9.32. The third-order valence-electron chi connectivity index (χ3n) is 5.55. The number of carbonyl (C=O) groups excluding carboxylic acids is 2. The Kier molecular flexibility index (Phi) is 5.25. The molecular formula is C19H28N4O2. The van der Waals surface area contributed by atoms with Crippen LogP contribution in [0.4, 0.5) is 5.82 Å². The van der Waals surface area contributed by atoms with Gasteiger partial charge in [-0.05, 0) is 37.8 Å². The highest BCUT2D eigenvalue weighted by Crippen LogP contribution is 2.40. The number of rotatable bonds is 5. The Morgan fingerprint density at radius 3 is 2.96 bits per heavy atom.